The van der Waals surface area contributed by atoms with Gasteiger partial charge in [-0.1, -0.05) is 5.23 Å². The number of hydrogen-bond donors (Lipinski definition) is 3. The third-order valence-electron chi connectivity index (χ3n) is 3.68. The molecule has 9 heteroatoms. The lowest BCUT2D eigenvalue weighted by Gasteiger charge is -2.29. The Morgan fingerprint density at radius 2 is 1.95 bits per heavy atom. The van der Waals surface area contributed by atoms with Crippen LogP contribution in [0.3, 0.4) is 0 Å². The highest BCUT2D eigenvalue weighted by atomic mass is 32.2. The van der Waals surface area contributed by atoms with Crippen molar-refractivity contribution in [1.29, 1.82) is 0 Å². The highest BCUT2D eigenvalue weighted by Crippen LogP contribution is 2.26. The molecule has 0 aromatic heterocycles. The summed E-state index contributed by atoms with van der Waals surface area (Å²) in [6.45, 7) is 0.296. The van der Waals surface area contributed by atoms with Crippen LogP contribution >= 0.6 is 0 Å². The summed E-state index contributed by atoms with van der Waals surface area (Å²) in [5.74, 6) is -0.428. The molecule has 0 spiro atoms. The number of nitrogens with zero attached hydrogens (tertiary/aromatic N) is 1. The lowest BCUT2D eigenvalue weighted by atomic mass is 10.0. The largest absolute Gasteiger partial charge is 0.497 e. The first-order valence-electron chi connectivity index (χ1n) is 6.69. The Hall–Kier alpha value is -1.68. The number of piperidine rings is 1. The Kier molecular flexibility index (Phi) is 5.01. The zero-order chi connectivity index (χ0) is 16.3. The van der Waals surface area contributed by atoms with E-state index < -0.39 is 32.3 Å². The lowest BCUT2D eigenvalue weighted by Crippen LogP contribution is -2.51. The Morgan fingerprint density at radius 1 is 1.32 bits per heavy atom. The molecule has 1 aromatic carbocycles. The van der Waals surface area contributed by atoms with Crippen LogP contribution in [-0.2, 0) is 14.6 Å². The average Bonchev–Trinajstić information content (AvgIpc) is 2.54. The van der Waals surface area contributed by atoms with Gasteiger partial charge in [0.05, 0.1) is 23.3 Å². The Balaban J connectivity index is 2.19. The van der Waals surface area contributed by atoms with Crippen molar-refractivity contribution in [2.45, 2.75) is 29.0 Å². The number of carbonyl (C=O) groups excluding carboxylic acids is 1. The van der Waals surface area contributed by atoms with E-state index in [9.17, 15) is 13.2 Å². The van der Waals surface area contributed by atoms with Gasteiger partial charge in [-0.2, -0.15) is 0 Å². The quantitative estimate of drug-likeness (QED) is 0.533. The summed E-state index contributed by atoms with van der Waals surface area (Å²) >= 11 is 0. The van der Waals surface area contributed by atoms with E-state index in [-0.39, 0.29) is 11.3 Å². The predicted octanol–water partition coefficient (Wildman–Crippen LogP) is 0.197. The molecule has 8 nitrogen and oxygen atoms in total. The van der Waals surface area contributed by atoms with Crippen molar-refractivity contribution in [3.05, 3.63) is 24.3 Å². The molecule has 1 fully saturated rings. The van der Waals surface area contributed by atoms with Gasteiger partial charge in [-0.25, -0.2) is 8.42 Å². The van der Waals surface area contributed by atoms with Crippen molar-refractivity contribution < 1.29 is 28.4 Å². The molecule has 0 saturated carbocycles. The summed E-state index contributed by atoms with van der Waals surface area (Å²) in [5, 5.41) is 19.0. The maximum Gasteiger partial charge on any atom is 0.289 e. The van der Waals surface area contributed by atoms with Crippen LogP contribution < -0.4 is 10.1 Å². The van der Waals surface area contributed by atoms with Gasteiger partial charge in [0.2, 0.25) is 0 Å². The number of sulfone groups is 1. The van der Waals surface area contributed by atoms with Crippen molar-refractivity contribution in [3.8, 4) is 5.75 Å². The molecule has 22 heavy (non-hydrogen) atoms. The SMILES string of the molecule is COc1ccc(S(=O)(=O)C2CCN[C@@H](C(=O)N(O)O)C2)cc1. The van der Waals surface area contributed by atoms with Crippen LogP contribution in [0.2, 0.25) is 0 Å². The Bertz CT molecular complexity index is 628. The molecule has 2 atom stereocenters. The van der Waals surface area contributed by atoms with Gasteiger partial charge in [-0.3, -0.25) is 15.2 Å². The molecule has 1 amide bonds. The second kappa shape index (κ2) is 6.61. The predicted molar refractivity (Wildman–Crippen MR) is 75.4 cm³/mol. The first kappa shape index (κ1) is 16.7. The highest BCUT2D eigenvalue weighted by Gasteiger charge is 2.36. The van der Waals surface area contributed by atoms with Crippen molar-refractivity contribution in [2.75, 3.05) is 13.7 Å². The smallest absolute Gasteiger partial charge is 0.289 e. The third-order valence-corrected chi connectivity index (χ3v) is 5.91. The first-order chi connectivity index (χ1) is 10.4. The van der Waals surface area contributed by atoms with Crippen LogP contribution in [0.1, 0.15) is 12.8 Å². The number of carbonyl (C=O) groups is 1. The summed E-state index contributed by atoms with van der Waals surface area (Å²) < 4.78 is 30.2. The minimum absolute atomic E-state index is 0.0230. The second-order valence-electron chi connectivity index (χ2n) is 5.00. The van der Waals surface area contributed by atoms with Crippen LogP contribution in [0.15, 0.2) is 29.2 Å². The number of amides is 1. The average molecular weight is 330 g/mol. The molecule has 1 aromatic rings. The van der Waals surface area contributed by atoms with Gasteiger partial charge >= 0.3 is 0 Å². The molecule has 1 heterocycles. The monoisotopic (exact) mass is 330 g/mol. The van der Waals surface area contributed by atoms with Crippen LogP contribution in [0, 0.1) is 0 Å². The number of benzene rings is 1. The van der Waals surface area contributed by atoms with Crippen LogP contribution in [0.5, 0.6) is 5.75 Å². The molecule has 1 saturated heterocycles. The molecule has 0 bridgehead atoms. The maximum absolute atomic E-state index is 12.6. The summed E-state index contributed by atoms with van der Waals surface area (Å²) in [6, 6.07) is 5.08. The van der Waals surface area contributed by atoms with Gasteiger partial charge in [-0.15, -0.1) is 0 Å². The minimum Gasteiger partial charge on any atom is -0.497 e. The number of methoxy groups -OCH3 is 1. The topological polar surface area (TPSA) is 116 Å². The van der Waals surface area contributed by atoms with Crippen molar-refractivity contribution in [1.82, 2.24) is 10.5 Å². The lowest BCUT2D eigenvalue weighted by molar-refractivity contribution is -0.286. The molecule has 122 valence electrons. The van der Waals surface area contributed by atoms with Crippen LogP contribution in [0.4, 0.5) is 0 Å². The van der Waals surface area contributed by atoms with E-state index in [0.29, 0.717) is 18.7 Å². The number of hydroxylamine groups is 2. The van der Waals surface area contributed by atoms with E-state index in [1.54, 1.807) is 12.1 Å². The zero-order valence-corrected chi connectivity index (χ0v) is 12.8. The van der Waals surface area contributed by atoms with E-state index >= 15 is 0 Å². The molecular formula is C13H18N2O6S. The fraction of sp³-hybridized carbons (Fsp3) is 0.462. The third kappa shape index (κ3) is 3.38. The molecule has 0 radical (unpaired) electrons. The summed E-state index contributed by atoms with van der Waals surface area (Å²) in [5.41, 5.74) is 0. The van der Waals surface area contributed by atoms with Gasteiger partial charge in [0.15, 0.2) is 9.84 Å². The van der Waals surface area contributed by atoms with Gasteiger partial charge in [-0.05, 0) is 43.7 Å². The normalized spacial score (nSPS) is 22.1. The van der Waals surface area contributed by atoms with E-state index in [0.717, 1.165) is 0 Å². The van der Waals surface area contributed by atoms with Crippen molar-refractivity contribution in [3.63, 3.8) is 0 Å². The molecule has 2 rings (SSSR count). The number of ether oxygens (including phenoxy) is 1. The second-order valence-corrected chi connectivity index (χ2v) is 7.23. The summed E-state index contributed by atoms with van der Waals surface area (Å²) in [7, 11) is -2.12. The molecule has 0 aliphatic carbocycles. The number of hydrogen-bond acceptors (Lipinski definition) is 7. The van der Waals surface area contributed by atoms with Gasteiger partial charge < -0.3 is 10.1 Å². The van der Waals surface area contributed by atoms with E-state index in [2.05, 4.69) is 5.32 Å². The van der Waals surface area contributed by atoms with E-state index in [1.807, 2.05) is 0 Å². The van der Waals surface area contributed by atoms with Gasteiger partial charge in [0.1, 0.15) is 5.75 Å². The fourth-order valence-electron chi connectivity index (χ4n) is 2.45. The molecular weight excluding hydrogens is 312 g/mol. The Morgan fingerprint density at radius 3 is 2.50 bits per heavy atom. The molecule has 1 aliphatic rings. The zero-order valence-electron chi connectivity index (χ0n) is 12.0. The standard InChI is InChI=1S/C13H18N2O6S/c1-21-9-2-4-10(5-3-9)22(19,20)11-6-7-14-12(8-11)13(16)15(17)18/h2-5,11-12,14,17-18H,6-8H2,1H3/t11?,12-/m1/s1. The number of rotatable bonds is 4. The highest BCUT2D eigenvalue weighted by molar-refractivity contribution is 7.92. The summed E-state index contributed by atoms with van der Waals surface area (Å²) in [6.07, 6.45) is 0.319. The fourth-order valence-corrected chi connectivity index (χ4v) is 4.22. The van der Waals surface area contributed by atoms with E-state index in [1.165, 1.54) is 19.2 Å². The van der Waals surface area contributed by atoms with Gasteiger partial charge in [0.25, 0.3) is 5.91 Å². The van der Waals surface area contributed by atoms with E-state index in [4.69, 9.17) is 15.2 Å². The number of nitrogens with one attached hydrogen (secondary N) is 1. The summed E-state index contributed by atoms with van der Waals surface area (Å²) in [4.78, 5) is 11.7. The van der Waals surface area contributed by atoms with Crippen molar-refractivity contribution in [2.24, 2.45) is 0 Å². The van der Waals surface area contributed by atoms with Gasteiger partial charge in [0, 0.05) is 0 Å². The van der Waals surface area contributed by atoms with Crippen LogP contribution in [0.25, 0.3) is 0 Å². The molecule has 1 aliphatic heterocycles. The minimum atomic E-state index is -3.61. The maximum atomic E-state index is 12.6. The Labute approximate surface area is 128 Å². The molecule has 1 unspecified atom stereocenters. The molecule has 3 N–H and O–H groups in total. The van der Waals surface area contributed by atoms with Crippen LogP contribution in [-0.4, -0.2) is 54.9 Å². The first-order valence-corrected chi connectivity index (χ1v) is 8.24. The van der Waals surface area contributed by atoms with Crippen molar-refractivity contribution >= 4 is 15.7 Å².